The van der Waals surface area contributed by atoms with Gasteiger partial charge >= 0.3 is 11.9 Å². The highest BCUT2D eigenvalue weighted by molar-refractivity contribution is 5.83. The molecule has 184 valence electrons. The number of carbonyl (C=O) groups is 2. The largest absolute Gasteiger partial charge is 0.479 e. The third-order valence-corrected chi connectivity index (χ3v) is 6.29. The van der Waals surface area contributed by atoms with Crippen molar-refractivity contribution in [2.75, 3.05) is 44.2 Å². The minimum absolute atomic E-state index is 0.227. The Labute approximate surface area is 193 Å². The van der Waals surface area contributed by atoms with Crippen molar-refractivity contribution in [1.82, 2.24) is 4.90 Å². The molecule has 1 spiro atoms. The van der Waals surface area contributed by atoms with Gasteiger partial charge in [-0.05, 0) is 25.0 Å². The molecule has 4 N–H and O–H groups in total. The lowest BCUT2D eigenvalue weighted by Crippen LogP contribution is -2.49. The zero-order chi connectivity index (χ0) is 23.8. The zero-order valence-electron chi connectivity index (χ0n) is 18.7. The van der Waals surface area contributed by atoms with Crippen LogP contribution >= 0.6 is 0 Å². The molecule has 2 aliphatic heterocycles. The molecule has 10 nitrogen and oxygen atoms in total. The first-order chi connectivity index (χ1) is 15.8. The van der Waals surface area contributed by atoms with Crippen LogP contribution in [0.2, 0.25) is 0 Å². The van der Waals surface area contributed by atoms with E-state index < -0.39 is 24.1 Å². The van der Waals surface area contributed by atoms with Gasteiger partial charge in [0, 0.05) is 51.3 Å². The van der Waals surface area contributed by atoms with E-state index in [0.717, 1.165) is 52.2 Å². The van der Waals surface area contributed by atoms with Gasteiger partial charge in [-0.15, -0.1) is 0 Å². The van der Waals surface area contributed by atoms with Crippen LogP contribution in [-0.2, 0) is 19.1 Å². The summed E-state index contributed by atoms with van der Waals surface area (Å²) in [5.74, 6) is -3.76. The highest BCUT2D eigenvalue weighted by Gasteiger charge is 2.42. The molecule has 0 amide bonds. The van der Waals surface area contributed by atoms with Crippen molar-refractivity contribution in [1.29, 1.82) is 0 Å². The number of hydrogen-bond acceptors (Lipinski definition) is 8. The monoisotopic (exact) mass is 466 g/mol. The van der Waals surface area contributed by atoms with Crippen molar-refractivity contribution in [2.45, 2.75) is 56.2 Å². The smallest absolute Gasteiger partial charge is 0.335 e. The van der Waals surface area contributed by atoms with Crippen molar-refractivity contribution >= 4 is 17.6 Å². The second-order valence-corrected chi connectivity index (χ2v) is 8.71. The maximum Gasteiger partial charge on any atom is 0.335 e. The minimum atomic E-state index is -2.27. The molecule has 3 fully saturated rings. The fourth-order valence-corrected chi connectivity index (χ4v) is 4.44. The maximum atomic E-state index is 9.77. The molecule has 0 radical (unpaired) electrons. The second-order valence-electron chi connectivity index (χ2n) is 8.71. The third kappa shape index (κ3) is 7.12. The lowest BCUT2D eigenvalue weighted by molar-refractivity contribution is -0.188. The van der Waals surface area contributed by atoms with Gasteiger partial charge in [0.25, 0.3) is 0 Å². The van der Waals surface area contributed by atoms with Gasteiger partial charge < -0.3 is 34.8 Å². The molecule has 0 bridgehead atoms. The van der Waals surface area contributed by atoms with E-state index in [2.05, 4.69) is 40.1 Å². The van der Waals surface area contributed by atoms with Gasteiger partial charge in [-0.3, -0.25) is 4.90 Å². The molecule has 2 heterocycles. The van der Waals surface area contributed by atoms with E-state index in [0.29, 0.717) is 0 Å². The Kier molecular flexibility index (Phi) is 9.04. The first-order valence-electron chi connectivity index (χ1n) is 11.5. The van der Waals surface area contributed by atoms with Crippen LogP contribution in [0.1, 0.15) is 32.1 Å². The van der Waals surface area contributed by atoms with Crippen molar-refractivity contribution in [3.8, 4) is 0 Å². The summed E-state index contributed by atoms with van der Waals surface area (Å²) in [5.41, 5.74) is 1.34. The van der Waals surface area contributed by atoms with Crippen LogP contribution in [0.3, 0.4) is 0 Å². The van der Waals surface area contributed by atoms with E-state index in [1.807, 2.05) is 0 Å². The van der Waals surface area contributed by atoms with Gasteiger partial charge in [-0.1, -0.05) is 24.6 Å². The molecular formula is C23H34N2O8. The molecule has 0 unspecified atom stereocenters. The standard InChI is InChI=1S/C19H28N2O2.C4H6O6/c1-3-7-17(8-4-1)21-13-11-20(12-14-21)15-18-16-22-19(23-18)9-5-2-6-10-19;5-1(3(7)8)2(6)4(9)10/h1,3-4,7-8,18H,2,5-6,9-16H2;1-2,5-6H,(H,7,8)(H,9,10)/t18-;1-,2-/m01/s1. The molecule has 2 saturated heterocycles. The number of carboxylic acids is 2. The Balaban J connectivity index is 0.000000262. The van der Waals surface area contributed by atoms with Crippen molar-refractivity contribution < 1.29 is 39.5 Å². The van der Waals surface area contributed by atoms with E-state index >= 15 is 0 Å². The van der Waals surface area contributed by atoms with E-state index in [1.165, 1.54) is 24.9 Å². The van der Waals surface area contributed by atoms with Crippen LogP contribution < -0.4 is 4.90 Å². The van der Waals surface area contributed by atoms with Gasteiger partial charge in [0.05, 0.1) is 12.7 Å². The molecule has 1 aromatic carbocycles. The number of aliphatic hydroxyl groups is 2. The first kappa shape index (κ1) is 25.4. The molecular weight excluding hydrogens is 432 g/mol. The predicted molar refractivity (Wildman–Crippen MR) is 119 cm³/mol. The summed E-state index contributed by atoms with van der Waals surface area (Å²) in [7, 11) is 0. The lowest BCUT2D eigenvalue weighted by atomic mass is 9.94. The third-order valence-electron chi connectivity index (χ3n) is 6.29. The molecule has 0 aromatic heterocycles. The summed E-state index contributed by atoms with van der Waals surface area (Å²) in [6.45, 7) is 6.22. The molecule has 1 aliphatic carbocycles. The molecule has 3 atom stereocenters. The normalized spacial score (nSPS) is 24.5. The molecule has 1 saturated carbocycles. The number of ether oxygens (including phenoxy) is 2. The number of aliphatic carboxylic acids is 2. The van der Waals surface area contributed by atoms with Crippen LogP contribution in [0.15, 0.2) is 30.3 Å². The van der Waals surface area contributed by atoms with E-state index in [4.69, 9.17) is 29.9 Å². The van der Waals surface area contributed by atoms with E-state index in [-0.39, 0.29) is 11.9 Å². The topological polar surface area (TPSA) is 140 Å². The van der Waals surface area contributed by atoms with Gasteiger partial charge in [-0.25, -0.2) is 9.59 Å². The average Bonchev–Trinajstić information content (AvgIpc) is 3.21. The number of rotatable bonds is 6. The number of hydrogen-bond donors (Lipinski definition) is 4. The molecule has 1 aromatic rings. The highest BCUT2D eigenvalue weighted by atomic mass is 16.7. The highest BCUT2D eigenvalue weighted by Crippen LogP contribution is 2.37. The number of carboxylic acid groups (broad SMARTS) is 2. The van der Waals surface area contributed by atoms with Crippen molar-refractivity contribution in [3.05, 3.63) is 30.3 Å². The second kappa shape index (κ2) is 11.8. The average molecular weight is 467 g/mol. The Bertz CT molecular complexity index is 745. The summed E-state index contributed by atoms with van der Waals surface area (Å²) >= 11 is 0. The zero-order valence-corrected chi connectivity index (χ0v) is 18.7. The lowest BCUT2D eigenvalue weighted by Gasteiger charge is -2.37. The van der Waals surface area contributed by atoms with Gasteiger partial charge in [0.1, 0.15) is 0 Å². The molecule has 4 rings (SSSR count). The quantitative estimate of drug-likeness (QED) is 0.475. The predicted octanol–water partition coefficient (Wildman–Crippen LogP) is 0.762. The van der Waals surface area contributed by atoms with Gasteiger partial charge in [0.15, 0.2) is 18.0 Å². The number of anilines is 1. The minimum Gasteiger partial charge on any atom is -0.479 e. The summed E-state index contributed by atoms with van der Waals surface area (Å²) in [6, 6.07) is 10.7. The maximum absolute atomic E-state index is 9.77. The fraction of sp³-hybridized carbons (Fsp3) is 0.652. The summed E-state index contributed by atoms with van der Waals surface area (Å²) in [4.78, 5) is 24.6. The number of para-hydroxylation sites is 1. The number of nitrogens with zero attached hydrogens (tertiary/aromatic N) is 2. The Hall–Kier alpha value is -2.24. The van der Waals surface area contributed by atoms with Gasteiger partial charge in [-0.2, -0.15) is 0 Å². The number of benzene rings is 1. The SMILES string of the molecule is O=C(O)[C@H](O)[C@@H](O)C(=O)O.c1ccc(N2CCN(C[C@H]3COC4(CCCCC4)O3)CC2)cc1. The fourth-order valence-electron chi connectivity index (χ4n) is 4.44. The van der Waals surface area contributed by atoms with Crippen LogP contribution in [0.5, 0.6) is 0 Å². The van der Waals surface area contributed by atoms with Crippen LogP contribution in [0, 0.1) is 0 Å². The molecule has 3 aliphatic rings. The van der Waals surface area contributed by atoms with Crippen molar-refractivity contribution in [2.24, 2.45) is 0 Å². The first-order valence-corrected chi connectivity index (χ1v) is 11.5. The molecule has 33 heavy (non-hydrogen) atoms. The summed E-state index contributed by atoms with van der Waals surface area (Å²) in [6.07, 6.45) is 1.74. The van der Waals surface area contributed by atoms with Crippen LogP contribution in [0.25, 0.3) is 0 Å². The van der Waals surface area contributed by atoms with Crippen LogP contribution in [-0.4, -0.2) is 101 Å². The van der Waals surface area contributed by atoms with E-state index in [1.54, 1.807) is 0 Å². The van der Waals surface area contributed by atoms with Crippen molar-refractivity contribution in [3.63, 3.8) is 0 Å². The van der Waals surface area contributed by atoms with E-state index in [9.17, 15) is 9.59 Å². The summed E-state index contributed by atoms with van der Waals surface area (Å²) in [5, 5.41) is 32.5. The molecule has 10 heteroatoms. The number of aliphatic hydroxyl groups excluding tert-OH is 2. The summed E-state index contributed by atoms with van der Waals surface area (Å²) < 4.78 is 12.4. The number of piperazine rings is 1. The Morgan fingerprint density at radius 3 is 2.06 bits per heavy atom. The van der Waals surface area contributed by atoms with Crippen LogP contribution in [0.4, 0.5) is 5.69 Å². The Morgan fingerprint density at radius 1 is 0.939 bits per heavy atom. The Morgan fingerprint density at radius 2 is 1.52 bits per heavy atom. The van der Waals surface area contributed by atoms with Gasteiger partial charge in [0.2, 0.25) is 0 Å².